The Morgan fingerprint density at radius 3 is 2.52 bits per heavy atom. The molecule has 1 aliphatic rings. The molecule has 0 bridgehead atoms. The largest absolute Gasteiger partial charge is 0.450 e. The van der Waals surface area contributed by atoms with E-state index in [1.165, 1.54) is 0 Å². The second-order valence-electron chi connectivity index (χ2n) is 8.57. The molecule has 0 spiro atoms. The topological polar surface area (TPSA) is 53.8 Å². The minimum atomic E-state index is -0.587. The second kappa shape index (κ2) is 8.49. The number of hydrogen-bond acceptors (Lipinski definition) is 4. The standard InChI is InChI=1S/C26H22Cl2N2O3/c1-29(2)12-5-13-30-22(16-9-11-19(27)20(28)14-16)21-23(31)18-10-8-15-6-3-4-7-17(15)24(18)33-25(21)26(30)32/h3-4,6-11,14,22H,5,12-13H2,1-2H3. The normalized spacial score (nSPS) is 15.7. The van der Waals surface area contributed by atoms with Crippen molar-refractivity contribution in [3.63, 3.8) is 0 Å². The van der Waals surface area contributed by atoms with Gasteiger partial charge in [0.2, 0.25) is 5.76 Å². The highest BCUT2D eigenvalue weighted by atomic mass is 35.5. The lowest BCUT2D eigenvalue weighted by Gasteiger charge is -2.26. The number of hydrogen-bond donors (Lipinski definition) is 0. The summed E-state index contributed by atoms with van der Waals surface area (Å²) < 4.78 is 6.21. The molecule has 3 aromatic carbocycles. The Kier molecular flexibility index (Phi) is 5.65. The number of halogens is 2. The Labute approximate surface area is 201 Å². The van der Waals surface area contributed by atoms with Crippen LogP contribution in [0.1, 0.15) is 34.1 Å². The van der Waals surface area contributed by atoms with E-state index in [2.05, 4.69) is 4.90 Å². The van der Waals surface area contributed by atoms with Gasteiger partial charge in [-0.3, -0.25) is 9.59 Å². The highest BCUT2D eigenvalue weighted by molar-refractivity contribution is 6.42. The maximum Gasteiger partial charge on any atom is 0.290 e. The van der Waals surface area contributed by atoms with E-state index in [1.54, 1.807) is 23.1 Å². The molecule has 1 aliphatic heterocycles. The van der Waals surface area contributed by atoms with Crippen molar-refractivity contribution in [2.24, 2.45) is 0 Å². The summed E-state index contributed by atoms with van der Waals surface area (Å²) in [6.45, 7) is 1.28. The maximum absolute atomic E-state index is 13.8. The van der Waals surface area contributed by atoms with Crippen molar-refractivity contribution in [1.29, 1.82) is 0 Å². The van der Waals surface area contributed by atoms with Crippen molar-refractivity contribution >= 4 is 50.9 Å². The molecule has 0 saturated carbocycles. The fourth-order valence-corrected chi connectivity index (χ4v) is 4.87. The fourth-order valence-electron chi connectivity index (χ4n) is 4.56. The monoisotopic (exact) mass is 480 g/mol. The van der Waals surface area contributed by atoms with Gasteiger partial charge in [-0.2, -0.15) is 0 Å². The van der Waals surface area contributed by atoms with Gasteiger partial charge in [0.05, 0.1) is 27.0 Å². The molecule has 0 fully saturated rings. The van der Waals surface area contributed by atoms with Crippen LogP contribution in [-0.2, 0) is 0 Å². The van der Waals surface area contributed by atoms with E-state index in [-0.39, 0.29) is 17.1 Å². The maximum atomic E-state index is 13.8. The first-order chi connectivity index (χ1) is 15.9. The van der Waals surface area contributed by atoms with Crippen LogP contribution in [0, 0.1) is 0 Å². The average Bonchev–Trinajstić information content (AvgIpc) is 3.07. The molecule has 7 heteroatoms. The zero-order valence-corrected chi connectivity index (χ0v) is 19.8. The lowest BCUT2D eigenvalue weighted by Crippen LogP contribution is -2.32. The van der Waals surface area contributed by atoms with Crippen molar-refractivity contribution in [3.05, 3.63) is 91.8 Å². The number of fused-ring (bicyclic) bond motifs is 4. The zero-order valence-electron chi connectivity index (χ0n) is 18.3. The summed E-state index contributed by atoms with van der Waals surface area (Å²) in [4.78, 5) is 31.1. The van der Waals surface area contributed by atoms with E-state index >= 15 is 0 Å². The Morgan fingerprint density at radius 2 is 1.76 bits per heavy atom. The molecule has 4 aromatic rings. The molecule has 2 heterocycles. The Hall–Kier alpha value is -2.86. The molecule has 1 atom stereocenters. The van der Waals surface area contributed by atoms with Crippen molar-refractivity contribution in [2.75, 3.05) is 27.2 Å². The number of rotatable bonds is 5. The van der Waals surface area contributed by atoms with Crippen LogP contribution < -0.4 is 5.43 Å². The van der Waals surface area contributed by atoms with E-state index in [4.69, 9.17) is 27.6 Å². The number of benzene rings is 3. The first-order valence-electron chi connectivity index (χ1n) is 10.8. The van der Waals surface area contributed by atoms with Gasteiger partial charge in [-0.1, -0.05) is 59.6 Å². The van der Waals surface area contributed by atoms with Crippen LogP contribution >= 0.6 is 23.2 Å². The van der Waals surface area contributed by atoms with E-state index < -0.39 is 6.04 Å². The average molecular weight is 481 g/mol. The lowest BCUT2D eigenvalue weighted by atomic mass is 9.97. The van der Waals surface area contributed by atoms with Gasteiger partial charge < -0.3 is 14.2 Å². The third-order valence-corrected chi connectivity index (χ3v) is 6.86. The molecule has 0 aliphatic carbocycles. The van der Waals surface area contributed by atoms with E-state index in [0.29, 0.717) is 33.1 Å². The number of carbonyl (C=O) groups excluding carboxylic acids is 1. The van der Waals surface area contributed by atoms with Crippen LogP contribution in [0.5, 0.6) is 0 Å². The minimum absolute atomic E-state index is 0.102. The minimum Gasteiger partial charge on any atom is -0.450 e. The van der Waals surface area contributed by atoms with Crippen LogP contribution in [-0.4, -0.2) is 42.9 Å². The van der Waals surface area contributed by atoms with Gasteiger partial charge in [-0.05, 0) is 56.2 Å². The molecule has 0 saturated heterocycles. The number of nitrogens with zero attached hydrogens (tertiary/aromatic N) is 2. The van der Waals surface area contributed by atoms with Crippen LogP contribution in [0.3, 0.4) is 0 Å². The van der Waals surface area contributed by atoms with Crippen molar-refractivity contribution in [3.8, 4) is 0 Å². The summed E-state index contributed by atoms with van der Waals surface area (Å²) in [5.74, 6) is -0.184. The quantitative estimate of drug-likeness (QED) is 0.341. The molecule has 0 radical (unpaired) electrons. The van der Waals surface area contributed by atoms with Gasteiger partial charge in [0.25, 0.3) is 5.91 Å². The van der Waals surface area contributed by atoms with Gasteiger partial charge in [0.15, 0.2) is 5.43 Å². The summed E-state index contributed by atoms with van der Waals surface area (Å²) in [5, 5.41) is 3.00. The fraction of sp³-hybridized carbons (Fsp3) is 0.231. The molecule has 1 unspecified atom stereocenters. The van der Waals surface area contributed by atoms with Crippen molar-refractivity contribution in [1.82, 2.24) is 9.80 Å². The highest BCUT2D eigenvalue weighted by Gasteiger charge is 2.42. The van der Waals surface area contributed by atoms with E-state index in [1.807, 2.05) is 50.5 Å². The summed E-state index contributed by atoms with van der Waals surface area (Å²) >= 11 is 12.4. The van der Waals surface area contributed by atoms with Gasteiger partial charge >= 0.3 is 0 Å². The molecule has 5 rings (SSSR count). The Morgan fingerprint density at radius 1 is 0.970 bits per heavy atom. The van der Waals surface area contributed by atoms with Crippen molar-refractivity contribution < 1.29 is 9.21 Å². The number of carbonyl (C=O) groups is 1. The molecule has 33 heavy (non-hydrogen) atoms. The first kappa shape index (κ1) is 22.0. The molecule has 0 N–H and O–H groups in total. The summed E-state index contributed by atoms with van der Waals surface area (Å²) in [5.41, 5.74) is 1.32. The molecular weight excluding hydrogens is 459 g/mol. The van der Waals surface area contributed by atoms with Crippen LogP contribution in [0.4, 0.5) is 0 Å². The van der Waals surface area contributed by atoms with Gasteiger partial charge in [0, 0.05) is 11.9 Å². The van der Waals surface area contributed by atoms with Gasteiger partial charge in [-0.15, -0.1) is 0 Å². The third kappa shape index (κ3) is 3.70. The summed E-state index contributed by atoms with van der Waals surface area (Å²) in [6, 6.07) is 16.0. The molecular formula is C26H22Cl2N2O3. The zero-order chi connectivity index (χ0) is 23.3. The predicted molar refractivity (Wildman–Crippen MR) is 133 cm³/mol. The molecule has 168 valence electrons. The van der Waals surface area contributed by atoms with E-state index in [9.17, 15) is 9.59 Å². The van der Waals surface area contributed by atoms with E-state index in [0.717, 1.165) is 29.3 Å². The number of amides is 1. The van der Waals surface area contributed by atoms with Crippen LogP contribution in [0.25, 0.3) is 21.7 Å². The molecule has 1 amide bonds. The first-order valence-corrected chi connectivity index (χ1v) is 11.5. The Balaban J connectivity index is 1.73. The smallest absolute Gasteiger partial charge is 0.290 e. The molecule has 1 aromatic heterocycles. The van der Waals surface area contributed by atoms with Crippen LogP contribution in [0.2, 0.25) is 10.0 Å². The highest BCUT2D eigenvalue weighted by Crippen LogP contribution is 2.40. The summed E-state index contributed by atoms with van der Waals surface area (Å²) in [6.07, 6.45) is 0.751. The SMILES string of the molecule is CN(C)CCCN1C(=O)c2oc3c(ccc4ccccc43)c(=O)c2C1c1ccc(Cl)c(Cl)c1. The van der Waals surface area contributed by atoms with Gasteiger partial charge in [0.1, 0.15) is 5.58 Å². The predicted octanol–water partition coefficient (Wildman–Crippen LogP) is 5.75. The van der Waals surface area contributed by atoms with Crippen LogP contribution in [0.15, 0.2) is 63.8 Å². The van der Waals surface area contributed by atoms with Crippen molar-refractivity contribution in [2.45, 2.75) is 12.5 Å². The lowest BCUT2D eigenvalue weighted by molar-refractivity contribution is 0.0722. The van der Waals surface area contributed by atoms with Gasteiger partial charge in [-0.25, -0.2) is 0 Å². The summed E-state index contributed by atoms with van der Waals surface area (Å²) in [7, 11) is 3.97. The Bertz CT molecular complexity index is 1460. The third-order valence-electron chi connectivity index (χ3n) is 6.12. The molecule has 5 nitrogen and oxygen atoms in total. The second-order valence-corrected chi connectivity index (χ2v) is 9.38.